The number of imidazole rings is 1. The Hall–Kier alpha value is -2.13. The molecule has 1 fully saturated rings. The Morgan fingerprint density at radius 1 is 1.21 bits per heavy atom. The number of carbonyl (C=O) groups is 1. The van der Waals surface area contributed by atoms with Crippen molar-refractivity contribution >= 4 is 27.0 Å². The second kappa shape index (κ2) is 9.13. The Morgan fingerprint density at radius 2 is 1.93 bits per heavy atom. The Labute approximate surface area is 171 Å². The summed E-state index contributed by atoms with van der Waals surface area (Å²) < 4.78 is 26.8. The van der Waals surface area contributed by atoms with Crippen LogP contribution in [0.5, 0.6) is 0 Å². The summed E-state index contributed by atoms with van der Waals surface area (Å²) in [5, 5.41) is 2.86. The average molecular weight is 423 g/mol. The number of para-hydroxylation sites is 2. The van der Waals surface area contributed by atoms with Gasteiger partial charge in [-0.2, -0.15) is 3.97 Å². The molecule has 1 amide bonds. The highest BCUT2D eigenvalue weighted by Gasteiger charge is 2.23. The molecule has 0 saturated carbocycles. The fourth-order valence-electron chi connectivity index (χ4n) is 3.93. The molecule has 1 N–H and O–H groups in total. The zero-order chi connectivity index (χ0) is 21.0. The Bertz CT molecular complexity index is 1020. The number of nitrogens with zero attached hydrogens (tertiary/aromatic N) is 3. The molecule has 1 aliphatic rings. The summed E-state index contributed by atoms with van der Waals surface area (Å²) in [4.78, 5) is 27.6. The maximum Gasteiger partial charge on any atom is 0.343 e. The lowest BCUT2D eigenvalue weighted by Gasteiger charge is -2.33. The molecule has 0 bridgehead atoms. The summed E-state index contributed by atoms with van der Waals surface area (Å²) in [5.74, 6) is -0.488. The summed E-state index contributed by atoms with van der Waals surface area (Å²) in [6, 6.07) is 7.22. The number of amides is 1. The van der Waals surface area contributed by atoms with Gasteiger partial charge in [0.05, 0.1) is 16.8 Å². The maximum absolute atomic E-state index is 12.8. The number of aromatic nitrogens is 2. The van der Waals surface area contributed by atoms with E-state index in [-0.39, 0.29) is 18.2 Å². The molecule has 1 saturated heterocycles. The Kier molecular flexibility index (Phi) is 6.79. The quantitative estimate of drug-likeness (QED) is 0.649. The molecule has 2 aromatic rings. The van der Waals surface area contributed by atoms with Crippen LogP contribution < -0.4 is 11.0 Å². The van der Waals surface area contributed by atoms with Gasteiger partial charge in [0.1, 0.15) is 6.54 Å². The molecule has 0 radical (unpaired) electrons. The van der Waals surface area contributed by atoms with Crippen LogP contribution in [0.1, 0.15) is 39.5 Å². The van der Waals surface area contributed by atoms with Gasteiger partial charge >= 0.3 is 5.69 Å². The lowest BCUT2D eigenvalue weighted by atomic mass is 10.0. The summed E-state index contributed by atoms with van der Waals surface area (Å²) in [5.41, 5.74) is 0.0309. The lowest BCUT2D eigenvalue weighted by molar-refractivity contribution is -0.121. The normalized spacial score (nSPS) is 18.2. The maximum atomic E-state index is 12.8. The molecule has 3 rings (SSSR count). The van der Waals surface area contributed by atoms with Crippen molar-refractivity contribution in [2.45, 2.75) is 52.1 Å². The third-order valence-electron chi connectivity index (χ3n) is 5.63. The first-order chi connectivity index (χ1) is 13.8. The fourth-order valence-corrected chi connectivity index (χ4v) is 4.98. The second-order valence-corrected chi connectivity index (χ2v) is 9.71. The summed E-state index contributed by atoms with van der Waals surface area (Å²) >= 11 is 0. The minimum absolute atomic E-state index is 0.192. The van der Waals surface area contributed by atoms with Crippen LogP contribution in [0, 0.1) is 0 Å². The van der Waals surface area contributed by atoms with E-state index in [0.717, 1.165) is 23.5 Å². The van der Waals surface area contributed by atoms with Crippen molar-refractivity contribution in [3.8, 4) is 0 Å². The standard InChI is InChI=1S/C20H30N4O4S/c1-3-29(27,28)24-18-11-5-4-10-17(18)23(20(24)26)15-19(25)21-12-8-14-22-13-7-6-9-16(22)2/h4-5,10-11,16H,3,6-9,12-15H2,1-2H3,(H,21,25). The molecule has 0 spiro atoms. The van der Waals surface area contributed by atoms with Crippen molar-refractivity contribution in [1.82, 2.24) is 18.8 Å². The summed E-state index contributed by atoms with van der Waals surface area (Å²) in [6.45, 7) is 6.10. The van der Waals surface area contributed by atoms with Gasteiger partial charge in [-0.15, -0.1) is 0 Å². The number of benzene rings is 1. The van der Waals surface area contributed by atoms with Crippen molar-refractivity contribution in [3.63, 3.8) is 0 Å². The van der Waals surface area contributed by atoms with Crippen LogP contribution in [-0.2, 0) is 21.4 Å². The molecule has 1 aliphatic heterocycles. The minimum Gasteiger partial charge on any atom is -0.354 e. The molecule has 1 aromatic heterocycles. The van der Waals surface area contributed by atoms with Crippen LogP contribution in [0.15, 0.2) is 29.1 Å². The van der Waals surface area contributed by atoms with Crippen LogP contribution in [0.3, 0.4) is 0 Å². The van der Waals surface area contributed by atoms with Gasteiger partial charge in [-0.3, -0.25) is 9.36 Å². The number of hydrogen-bond acceptors (Lipinski definition) is 5. The van der Waals surface area contributed by atoms with Gasteiger partial charge in [-0.25, -0.2) is 13.2 Å². The van der Waals surface area contributed by atoms with Crippen LogP contribution in [-0.4, -0.2) is 59.2 Å². The van der Waals surface area contributed by atoms with E-state index in [2.05, 4.69) is 17.1 Å². The number of piperidine rings is 1. The number of rotatable bonds is 8. The molecular weight excluding hydrogens is 392 g/mol. The highest BCUT2D eigenvalue weighted by molar-refractivity contribution is 7.90. The van der Waals surface area contributed by atoms with Gasteiger partial charge in [0.15, 0.2) is 0 Å². The van der Waals surface area contributed by atoms with Crippen LogP contribution in [0.2, 0.25) is 0 Å². The van der Waals surface area contributed by atoms with E-state index in [9.17, 15) is 18.0 Å². The first-order valence-electron chi connectivity index (χ1n) is 10.3. The molecule has 8 nitrogen and oxygen atoms in total. The zero-order valence-corrected chi connectivity index (χ0v) is 18.0. The zero-order valence-electron chi connectivity index (χ0n) is 17.1. The van der Waals surface area contributed by atoms with E-state index in [1.54, 1.807) is 24.3 Å². The smallest absolute Gasteiger partial charge is 0.343 e. The Balaban J connectivity index is 1.66. The summed E-state index contributed by atoms with van der Waals surface area (Å²) in [7, 11) is -3.76. The second-order valence-electron chi connectivity index (χ2n) is 7.61. The van der Waals surface area contributed by atoms with Gasteiger partial charge in [-0.05, 0) is 51.8 Å². The number of likely N-dealkylation sites (tertiary alicyclic amines) is 1. The van der Waals surface area contributed by atoms with E-state index in [1.807, 2.05) is 0 Å². The molecule has 9 heteroatoms. The average Bonchev–Trinajstić information content (AvgIpc) is 2.99. The van der Waals surface area contributed by atoms with E-state index in [4.69, 9.17) is 0 Å². The van der Waals surface area contributed by atoms with Crippen molar-refractivity contribution in [2.24, 2.45) is 0 Å². The minimum atomic E-state index is -3.76. The third-order valence-corrected chi connectivity index (χ3v) is 7.26. The van der Waals surface area contributed by atoms with Gasteiger partial charge in [0, 0.05) is 19.1 Å². The summed E-state index contributed by atoms with van der Waals surface area (Å²) in [6.07, 6.45) is 4.58. The SMILES string of the molecule is CCS(=O)(=O)n1c(=O)n(CC(=O)NCCCN2CCCCC2C)c2ccccc21. The first-order valence-corrected chi connectivity index (χ1v) is 11.9. The highest BCUT2D eigenvalue weighted by atomic mass is 32.2. The van der Waals surface area contributed by atoms with Gasteiger partial charge < -0.3 is 10.2 Å². The fraction of sp³-hybridized carbons (Fsp3) is 0.600. The predicted molar refractivity (Wildman–Crippen MR) is 114 cm³/mol. The van der Waals surface area contributed by atoms with Gasteiger partial charge in [0.2, 0.25) is 15.9 Å². The van der Waals surface area contributed by atoms with Crippen molar-refractivity contribution in [3.05, 3.63) is 34.7 Å². The molecule has 2 heterocycles. The molecule has 0 aliphatic carbocycles. The van der Waals surface area contributed by atoms with Crippen molar-refractivity contribution in [1.29, 1.82) is 0 Å². The van der Waals surface area contributed by atoms with E-state index in [1.165, 1.54) is 30.8 Å². The number of hydrogen-bond donors (Lipinski definition) is 1. The van der Waals surface area contributed by atoms with Crippen LogP contribution in [0.25, 0.3) is 11.0 Å². The molecule has 29 heavy (non-hydrogen) atoms. The first kappa shape index (κ1) is 21.6. The third kappa shape index (κ3) is 4.72. The molecule has 1 atom stereocenters. The Morgan fingerprint density at radius 3 is 2.62 bits per heavy atom. The number of fused-ring (bicyclic) bond motifs is 1. The van der Waals surface area contributed by atoms with Crippen molar-refractivity contribution < 1.29 is 13.2 Å². The van der Waals surface area contributed by atoms with Gasteiger partial charge in [-0.1, -0.05) is 18.6 Å². The molecular formula is C20H30N4O4S. The molecule has 160 valence electrons. The monoisotopic (exact) mass is 422 g/mol. The van der Waals surface area contributed by atoms with Gasteiger partial charge in [0.25, 0.3) is 0 Å². The molecule has 1 unspecified atom stereocenters. The van der Waals surface area contributed by atoms with Crippen LogP contribution >= 0.6 is 0 Å². The van der Waals surface area contributed by atoms with Crippen LogP contribution in [0.4, 0.5) is 0 Å². The highest BCUT2D eigenvalue weighted by Crippen LogP contribution is 2.16. The predicted octanol–water partition coefficient (Wildman–Crippen LogP) is 1.38. The number of carbonyl (C=O) groups excluding carboxylic acids is 1. The van der Waals surface area contributed by atoms with E-state index >= 15 is 0 Å². The van der Waals surface area contributed by atoms with Crippen molar-refractivity contribution in [2.75, 3.05) is 25.4 Å². The lowest BCUT2D eigenvalue weighted by Crippen LogP contribution is -2.40. The molecule has 1 aromatic carbocycles. The van der Waals surface area contributed by atoms with E-state index in [0.29, 0.717) is 23.6 Å². The number of nitrogens with one attached hydrogen (secondary N) is 1. The van der Waals surface area contributed by atoms with E-state index < -0.39 is 15.7 Å². The topological polar surface area (TPSA) is 93.4 Å². The largest absolute Gasteiger partial charge is 0.354 e.